The van der Waals surface area contributed by atoms with E-state index in [2.05, 4.69) is 40.6 Å². The van der Waals surface area contributed by atoms with Crippen LogP contribution >= 0.6 is 0 Å². The standard InChI is InChI=1S/C14H16N6/c1-9-4-3-5-11(10(9)2)17-13-14-16-6-7-20(14)8-12(18-13)19-15/h3-8,19H,15H2,1-2H3,(H,17,18). The van der Waals surface area contributed by atoms with Crippen LogP contribution in [0.3, 0.4) is 0 Å². The molecule has 0 saturated carbocycles. The Bertz CT molecular complexity index is 761. The van der Waals surface area contributed by atoms with Gasteiger partial charge in [0.25, 0.3) is 0 Å². The summed E-state index contributed by atoms with van der Waals surface area (Å²) < 4.78 is 1.87. The van der Waals surface area contributed by atoms with Gasteiger partial charge in [-0.05, 0) is 31.0 Å². The zero-order valence-electron chi connectivity index (χ0n) is 11.4. The summed E-state index contributed by atoms with van der Waals surface area (Å²) >= 11 is 0. The third-order valence-corrected chi connectivity index (χ3v) is 3.38. The number of benzene rings is 1. The van der Waals surface area contributed by atoms with Crippen LogP contribution in [0.2, 0.25) is 0 Å². The van der Waals surface area contributed by atoms with Gasteiger partial charge in [-0.25, -0.2) is 15.8 Å². The van der Waals surface area contributed by atoms with Crippen molar-refractivity contribution in [3.05, 3.63) is 47.9 Å². The van der Waals surface area contributed by atoms with E-state index < -0.39 is 0 Å². The largest absolute Gasteiger partial charge is 0.337 e. The predicted molar refractivity (Wildman–Crippen MR) is 80.0 cm³/mol. The number of hydrogen-bond acceptors (Lipinski definition) is 5. The van der Waals surface area contributed by atoms with Gasteiger partial charge in [0.05, 0.1) is 6.20 Å². The average Bonchev–Trinajstić information content (AvgIpc) is 2.92. The smallest absolute Gasteiger partial charge is 0.180 e. The summed E-state index contributed by atoms with van der Waals surface area (Å²) in [6.45, 7) is 4.16. The monoisotopic (exact) mass is 268 g/mol. The van der Waals surface area contributed by atoms with Crippen LogP contribution < -0.4 is 16.6 Å². The van der Waals surface area contributed by atoms with Gasteiger partial charge in [0, 0.05) is 18.1 Å². The molecule has 0 aliphatic carbocycles. The highest BCUT2D eigenvalue weighted by Gasteiger charge is 2.09. The van der Waals surface area contributed by atoms with Gasteiger partial charge in [-0.1, -0.05) is 12.1 Å². The van der Waals surface area contributed by atoms with Gasteiger partial charge < -0.3 is 15.1 Å². The molecule has 6 nitrogen and oxygen atoms in total. The van der Waals surface area contributed by atoms with Crippen molar-refractivity contribution in [1.82, 2.24) is 14.4 Å². The Hall–Kier alpha value is -2.60. The molecule has 0 unspecified atom stereocenters. The van der Waals surface area contributed by atoms with Gasteiger partial charge in [-0.15, -0.1) is 0 Å². The molecule has 1 aromatic carbocycles. The Kier molecular flexibility index (Phi) is 3.00. The first-order valence-electron chi connectivity index (χ1n) is 6.32. The predicted octanol–water partition coefficient (Wildman–Crippen LogP) is 2.38. The van der Waals surface area contributed by atoms with Gasteiger partial charge in [0.1, 0.15) is 0 Å². The minimum absolute atomic E-state index is 0.573. The number of anilines is 3. The van der Waals surface area contributed by atoms with Crippen molar-refractivity contribution in [2.75, 3.05) is 10.7 Å². The van der Waals surface area contributed by atoms with Gasteiger partial charge in [0.15, 0.2) is 17.3 Å². The Morgan fingerprint density at radius 1 is 1.25 bits per heavy atom. The molecule has 3 rings (SSSR count). The third-order valence-electron chi connectivity index (χ3n) is 3.38. The fourth-order valence-corrected chi connectivity index (χ4v) is 2.10. The number of hydrogen-bond donors (Lipinski definition) is 3. The first kappa shape index (κ1) is 12.4. The Labute approximate surface area is 116 Å². The lowest BCUT2D eigenvalue weighted by molar-refractivity contribution is 1.11. The highest BCUT2D eigenvalue weighted by Crippen LogP contribution is 2.24. The van der Waals surface area contributed by atoms with E-state index in [9.17, 15) is 0 Å². The van der Waals surface area contributed by atoms with E-state index in [-0.39, 0.29) is 0 Å². The summed E-state index contributed by atoms with van der Waals surface area (Å²) in [7, 11) is 0. The lowest BCUT2D eigenvalue weighted by Gasteiger charge is -2.12. The van der Waals surface area contributed by atoms with Crippen LogP contribution in [-0.4, -0.2) is 14.4 Å². The molecule has 2 aromatic heterocycles. The zero-order valence-corrected chi connectivity index (χ0v) is 11.4. The lowest BCUT2D eigenvalue weighted by Crippen LogP contribution is -2.11. The van der Waals surface area contributed by atoms with Crippen molar-refractivity contribution in [2.45, 2.75) is 13.8 Å². The summed E-state index contributed by atoms with van der Waals surface area (Å²) in [5.41, 5.74) is 6.74. The summed E-state index contributed by atoms with van der Waals surface area (Å²) in [6.07, 6.45) is 5.37. The highest BCUT2D eigenvalue weighted by molar-refractivity contribution is 5.73. The number of nitrogens with two attached hydrogens (primary N) is 1. The van der Waals surface area contributed by atoms with Crippen molar-refractivity contribution in [3.63, 3.8) is 0 Å². The van der Waals surface area contributed by atoms with Crippen molar-refractivity contribution >= 4 is 23.0 Å². The summed E-state index contributed by atoms with van der Waals surface area (Å²) in [5, 5.41) is 3.33. The summed E-state index contributed by atoms with van der Waals surface area (Å²) in [5.74, 6) is 6.69. The van der Waals surface area contributed by atoms with Crippen molar-refractivity contribution in [2.24, 2.45) is 5.84 Å². The maximum absolute atomic E-state index is 5.45. The number of nitrogen functional groups attached to an aromatic ring is 1. The number of imidazole rings is 1. The normalized spacial score (nSPS) is 10.8. The lowest BCUT2D eigenvalue weighted by atomic mass is 10.1. The quantitative estimate of drug-likeness (QED) is 0.502. The van der Waals surface area contributed by atoms with Crippen LogP contribution in [0.15, 0.2) is 36.8 Å². The van der Waals surface area contributed by atoms with Crippen LogP contribution in [0, 0.1) is 13.8 Å². The Morgan fingerprint density at radius 2 is 2.10 bits per heavy atom. The SMILES string of the molecule is Cc1cccc(Nc2nc(NN)cn3ccnc23)c1C. The van der Waals surface area contributed by atoms with E-state index in [1.807, 2.05) is 22.7 Å². The van der Waals surface area contributed by atoms with Crippen LogP contribution in [0.4, 0.5) is 17.3 Å². The molecule has 4 N–H and O–H groups in total. The van der Waals surface area contributed by atoms with Crippen molar-refractivity contribution < 1.29 is 0 Å². The molecule has 3 aromatic rings. The summed E-state index contributed by atoms with van der Waals surface area (Å²) in [4.78, 5) is 8.74. The first-order chi connectivity index (χ1) is 9.69. The Balaban J connectivity index is 2.10. The second-order valence-electron chi connectivity index (χ2n) is 4.65. The van der Waals surface area contributed by atoms with Crippen LogP contribution in [0.5, 0.6) is 0 Å². The van der Waals surface area contributed by atoms with E-state index in [1.54, 1.807) is 12.4 Å². The van der Waals surface area contributed by atoms with E-state index in [4.69, 9.17) is 5.84 Å². The number of hydrazine groups is 1. The maximum atomic E-state index is 5.45. The third kappa shape index (κ3) is 2.06. The first-order valence-corrected chi connectivity index (χ1v) is 6.32. The van der Waals surface area contributed by atoms with Crippen LogP contribution in [0.25, 0.3) is 5.65 Å². The number of rotatable bonds is 3. The minimum atomic E-state index is 0.573. The average molecular weight is 268 g/mol. The summed E-state index contributed by atoms with van der Waals surface area (Å²) in [6, 6.07) is 6.11. The zero-order chi connectivity index (χ0) is 14.1. The Morgan fingerprint density at radius 3 is 2.90 bits per heavy atom. The van der Waals surface area contributed by atoms with Gasteiger partial charge in [-0.3, -0.25) is 0 Å². The minimum Gasteiger partial charge on any atom is -0.337 e. The number of fused-ring (bicyclic) bond motifs is 1. The highest BCUT2D eigenvalue weighted by atomic mass is 15.3. The molecule has 0 atom stereocenters. The molecule has 0 amide bonds. The molecule has 0 fully saturated rings. The number of aromatic nitrogens is 3. The molecule has 6 heteroatoms. The number of nitrogens with one attached hydrogen (secondary N) is 2. The molecular weight excluding hydrogens is 252 g/mol. The topological polar surface area (TPSA) is 80.3 Å². The number of nitrogens with zero attached hydrogens (tertiary/aromatic N) is 3. The molecular formula is C14H16N6. The fraction of sp³-hybridized carbons (Fsp3) is 0.143. The van der Waals surface area contributed by atoms with E-state index in [0.29, 0.717) is 11.6 Å². The van der Waals surface area contributed by atoms with E-state index >= 15 is 0 Å². The molecule has 2 heterocycles. The van der Waals surface area contributed by atoms with E-state index in [0.717, 1.165) is 11.3 Å². The van der Waals surface area contributed by atoms with Crippen LogP contribution in [-0.2, 0) is 0 Å². The molecule has 0 bridgehead atoms. The van der Waals surface area contributed by atoms with Gasteiger partial charge in [0.2, 0.25) is 0 Å². The molecule has 0 aliphatic rings. The molecule has 0 saturated heterocycles. The molecule has 0 radical (unpaired) electrons. The maximum Gasteiger partial charge on any atom is 0.180 e. The van der Waals surface area contributed by atoms with Gasteiger partial charge >= 0.3 is 0 Å². The fourth-order valence-electron chi connectivity index (χ4n) is 2.10. The second-order valence-corrected chi connectivity index (χ2v) is 4.65. The van der Waals surface area contributed by atoms with Crippen molar-refractivity contribution in [3.8, 4) is 0 Å². The van der Waals surface area contributed by atoms with Crippen LogP contribution in [0.1, 0.15) is 11.1 Å². The van der Waals surface area contributed by atoms with Gasteiger partial charge in [-0.2, -0.15) is 0 Å². The molecule has 102 valence electrons. The van der Waals surface area contributed by atoms with E-state index in [1.165, 1.54) is 11.1 Å². The van der Waals surface area contributed by atoms with Crippen molar-refractivity contribution in [1.29, 1.82) is 0 Å². The molecule has 0 aliphatic heterocycles. The number of aryl methyl sites for hydroxylation is 1. The second kappa shape index (κ2) is 4.82. The molecule has 0 spiro atoms. The molecule has 20 heavy (non-hydrogen) atoms.